The standard InChI is InChI=1S/C8H12N2O6.2H2/c1-3-10-5(12)8(6(13)14,7(15)16)4(11)9-2;;/h3H2,1-2H3,(H,9,11)(H,10,12)(H,13,14)(H,15,16);2*1H. The maximum Gasteiger partial charge on any atom is 0.340 e. The highest BCUT2D eigenvalue weighted by molar-refractivity contribution is 6.34. The van der Waals surface area contributed by atoms with E-state index in [1.165, 1.54) is 6.92 Å². The van der Waals surface area contributed by atoms with Crippen molar-refractivity contribution < 1.29 is 32.2 Å². The van der Waals surface area contributed by atoms with Gasteiger partial charge in [-0.25, -0.2) is 9.59 Å². The molecule has 8 heteroatoms. The Morgan fingerprint density at radius 1 is 1.12 bits per heavy atom. The van der Waals surface area contributed by atoms with Crippen LogP contribution in [0.4, 0.5) is 0 Å². The van der Waals surface area contributed by atoms with Gasteiger partial charge in [-0.05, 0) is 6.92 Å². The van der Waals surface area contributed by atoms with Crippen molar-refractivity contribution in [2.24, 2.45) is 5.41 Å². The fourth-order valence-corrected chi connectivity index (χ4v) is 1.06. The molecular formula is C8H16N2O6. The molecule has 0 fully saturated rings. The minimum Gasteiger partial charge on any atom is -0.480 e. The summed E-state index contributed by atoms with van der Waals surface area (Å²) in [5, 5.41) is 21.4. The zero-order valence-corrected chi connectivity index (χ0v) is 8.73. The van der Waals surface area contributed by atoms with Gasteiger partial charge in [0, 0.05) is 16.4 Å². The first kappa shape index (κ1) is 13.9. The molecule has 0 saturated heterocycles. The normalized spacial score (nSPS) is 10.4. The lowest BCUT2D eigenvalue weighted by molar-refractivity contribution is -0.172. The van der Waals surface area contributed by atoms with Crippen molar-refractivity contribution in [2.75, 3.05) is 13.6 Å². The van der Waals surface area contributed by atoms with Gasteiger partial charge in [0.2, 0.25) is 0 Å². The highest BCUT2D eigenvalue weighted by Crippen LogP contribution is 2.19. The number of nitrogens with one attached hydrogen (secondary N) is 2. The molecule has 4 N–H and O–H groups in total. The molecule has 0 rings (SSSR count). The number of aliphatic carboxylic acids is 2. The second kappa shape index (κ2) is 5.10. The third kappa shape index (κ3) is 1.95. The number of carbonyl (C=O) groups is 4. The summed E-state index contributed by atoms with van der Waals surface area (Å²) in [5.41, 5.74) is -3.15. The van der Waals surface area contributed by atoms with Gasteiger partial charge in [0.25, 0.3) is 11.8 Å². The van der Waals surface area contributed by atoms with Crippen LogP contribution in [0.15, 0.2) is 0 Å². The minimum absolute atomic E-state index is 0. The Morgan fingerprint density at radius 3 is 1.81 bits per heavy atom. The van der Waals surface area contributed by atoms with Gasteiger partial charge >= 0.3 is 17.4 Å². The van der Waals surface area contributed by atoms with E-state index in [0.717, 1.165) is 7.05 Å². The van der Waals surface area contributed by atoms with Gasteiger partial charge in [-0.1, -0.05) is 0 Å². The smallest absolute Gasteiger partial charge is 0.340 e. The fraction of sp³-hybridized carbons (Fsp3) is 0.500. The molecule has 0 aliphatic carbocycles. The average molecular weight is 236 g/mol. The zero-order valence-electron chi connectivity index (χ0n) is 8.73. The quantitative estimate of drug-likeness (QED) is 0.430. The molecule has 94 valence electrons. The van der Waals surface area contributed by atoms with Gasteiger partial charge in [-0.15, -0.1) is 0 Å². The van der Waals surface area contributed by atoms with Gasteiger partial charge in [0.15, 0.2) is 0 Å². The molecule has 0 radical (unpaired) electrons. The van der Waals surface area contributed by atoms with E-state index in [-0.39, 0.29) is 9.40 Å². The van der Waals surface area contributed by atoms with Gasteiger partial charge in [0.05, 0.1) is 0 Å². The van der Waals surface area contributed by atoms with E-state index < -0.39 is 29.2 Å². The third-order valence-corrected chi connectivity index (χ3v) is 1.89. The van der Waals surface area contributed by atoms with Crippen molar-refractivity contribution in [3.8, 4) is 0 Å². The van der Waals surface area contributed by atoms with Crippen LogP contribution in [0.1, 0.15) is 9.78 Å². The van der Waals surface area contributed by atoms with Crippen molar-refractivity contribution in [3.63, 3.8) is 0 Å². The molecule has 8 nitrogen and oxygen atoms in total. The van der Waals surface area contributed by atoms with Crippen molar-refractivity contribution in [1.82, 2.24) is 10.6 Å². The molecule has 0 aromatic heterocycles. The summed E-state index contributed by atoms with van der Waals surface area (Å²) < 4.78 is 0. The van der Waals surface area contributed by atoms with Gasteiger partial charge in [-0.3, -0.25) is 9.59 Å². The number of carboxylic acid groups (broad SMARTS) is 2. The molecule has 16 heavy (non-hydrogen) atoms. The fourth-order valence-electron chi connectivity index (χ4n) is 1.06. The van der Waals surface area contributed by atoms with Crippen LogP contribution in [0.5, 0.6) is 0 Å². The Bertz CT molecular complexity index is 332. The van der Waals surface area contributed by atoms with Crippen molar-refractivity contribution in [3.05, 3.63) is 0 Å². The van der Waals surface area contributed by atoms with Crippen molar-refractivity contribution in [1.29, 1.82) is 0 Å². The van der Waals surface area contributed by atoms with E-state index in [4.69, 9.17) is 10.2 Å². The van der Waals surface area contributed by atoms with Crippen LogP contribution in [0.3, 0.4) is 0 Å². The molecule has 0 atom stereocenters. The summed E-state index contributed by atoms with van der Waals surface area (Å²) in [5.74, 6) is -6.86. The number of carboxylic acids is 2. The lowest BCUT2D eigenvalue weighted by atomic mass is 9.86. The number of rotatable bonds is 5. The minimum atomic E-state index is -3.15. The van der Waals surface area contributed by atoms with E-state index in [1.54, 1.807) is 0 Å². The Balaban J connectivity index is -0.00000112. The summed E-state index contributed by atoms with van der Waals surface area (Å²) in [4.78, 5) is 44.5. The van der Waals surface area contributed by atoms with Gasteiger partial charge < -0.3 is 20.8 Å². The molecule has 0 aromatic rings. The zero-order chi connectivity index (χ0) is 12.9. The van der Waals surface area contributed by atoms with E-state index in [2.05, 4.69) is 0 Å². The molecular weight excluding hydrogens is 220 g/mol. The van der Waals surface area contributed by atoms with E-state index >= 15 is 0 Å². The van der Waals surface area contributed by atoms with Gasteiger partial charge in [0.1, 0.15) is 0 Å². The molecule has 0 bridgehead atoms. The average Bonchev–Trinajstić information content (AvgIpc) is 2.17. The lowest BCUT2D eigenvalue weighted by Crippen LogP contribution is -2.60. The maximum atomic E-state index is 11.4. The molecule has 0 aliphatic rings. The van der Waals surface area contributed by atoms with Crippen LogP contribution in [-0.4, -0.2) is 47.6 Å². The molecule has 0 aliphatic heterocycles. The summed E-state index contributed by atoms with van der Waals surface area (Å²) >= 11 is 0. The molecule has 0 unspecified atom stereocenters. The Morgan fingerprint density at radius 2 is 1.56 bits per heavy atom. The summed E-state index contributed by atoms with van der Waals surface area (Å²) in [6.07, 6.45) is 0. The second-order valence-corrected chi connectivity index (χ2v) is 2.80. The van der Waals surface area contributed by atoms with Gasteiger partial charge in [-0.2, -0.15) is 0 Å². The number of hydrogen-bond donors (Lipinski definition) is 4. The Hall–Kier alpha value is -2.12. The van der Waals surface area contributed by atoms with Crippen LogP contribution >= 0.6 is 0 Å². The van der Waals surface area contributed by atoms with Crippen molar-refractivity contribution in [2.45, 2.75) is 6.92 Å². The van der Waals surface area contributed by atoms with E-state index in [1.807, 2.05) is 10.6 Å². The SMILES string of the molecule is CCNC(=O)C(C(=O)O)(C(=O)O)C(=O)NC.[HH].[HH]. The largest absolute Gasteiger partial charge is 0.480 e. The molecule has 0 aromatic carbocycles. The Kier molecular flexibility index (Phi) is 4.42. The molecule has 0 heterocycles. The number of hydrogen-bond acceptors (Lipinski definition) is 4. The van der Waals surface area contributed by atoms with E-state index in [9.17, 15) is 19.2 Å². The topological polar surface area (TPSA) is 133 Å². The second-order valence-electron chi connectivity index (χ2n) is 2.80. The first-order valence-electron chi connectivity index (χ1n) is 4.32. The maximum absolute atomic E-state index is 11.4. The molecule has 0 saturated carbocycles. The summed E-state index contributed by atoms with van der Waals surface area (Å²) in [6.45, 7) is 1.48. The summed E-state index contributed by atoms with van der Waals surface area (Å²) in [7, 11) is 1.04. The lowest BCUT2D eigenvalue weighted by Gasteiger charge is -2.21. The number of amides is 2. The highest BCUT2D eigenvalue weighted by atomic mass is 16.4. The van der Waals surface area contributed by atoms with Crippen molar-refractivity contribution >= 4 is 23.8 Å². The van der Waals surface area contributed by atoms with Crippen LogP contribution in [0, 0.1) is 5.41 Å². The Labute approximate surface area is 93.6 Å². The summed E-state index contributed by atoms with van der Waals surface area (Å²) in [6, 6.07) is 0. The van der Waals surface area contributed by atoms with Crippen LogP contribution in [0.25, 0.3) is 0 Å². The van der Waals surface area contributed by atoms with Crippen LogP contribution in [-0.2, 0) is 19.2 Å². The predicted molar refractivity (Wildman–Crippen MR) is 54.7 cm³/mol. The van der Waals surface area contributed by atoms with Crippen LogP contribution < -0.4 is 10.6 Å². The van der Waals surface area contributed by atoms with Crippen LogP contribution in [0.2, 0.25) is 0 Å². The number of carbonyl (C=O) groups excluding carboxylic acids is 2. The molecule has 0 spiro atoms. The highest BCUT2D eigenvalue weighted by Gasteiger charge is 2.60. The first-order chi connectivity index (χ1) is 7.35. The molecule has 2 amide bonds. The monoisotopic (exact) mass is 236 g/mol. The van der Waals surface area contributed by atoms with E-state index in [0.29, 0.717) is 0 Å². The predicted octanol–water partition coefficient (Wildman–Crippen LogP) is -1.48. The first-order valence-corrected chi connectivity index (χ1v) is 4.32. The third-order valence-electron chi connectivity index (χ3n) is 1.89.